The molecule has 1 aromatic carbocycles. The zero-order chi connectivity index (χ0) is 18.8. The van der Waals surface area contributed by atoms with Gasteiger partial charge in [-0.15, -0.1) is 0 Å². The van der Waals surface area contributed by atoms with E-state index in [-0.39, 0.29) is 5.56 Å². The molecule has 0 spiro atoms. The van der Waals surface area contributed by atoms with E-state index in [0.29, 0.717) is 24.7 Å². The molecule has 1 aliphatic rings. The Morgan fingerprint density at radius 3 is 2.70 bits per heavy atom. The molecule has 0 bridgehead atoms. The molecule has 0 saturated carbocycles. The molecule has 0 atom stereocenters. The highest BCUT2D eigenvalue weighted by molar-refractivity contribution is 5.77. The van der Waals surface area contributed by atoms with Gasteiger partial charge in [0.25, 0.3) is 5.56 Å². The molecule has 3 heterocycles. The predicted molar refractivity (Wildman–Crippen MR) is 106 cm³/mol. The van der Waals surface area contributed by atoms with Crippen LogP contribution < -0.4 is 20.5 Å². The molecule has 0 aliphatic carbocycles. The lowest BCUT2D eigenvalue weighted by molar-refractivity contribution is 0.122. The molecule has 1 aliphatic heterocycles. The summed E-state index contributed by atoms with van der Waals surface area (Å²) in [5, 5.41) is 3.37. The van der Waals surface area contributed by atoms with Crippen molar-refractivity contribution in [3.05, 3.63) is 58.5 Å². The van der Waals surface area contributed by atoms with Crippen LogP contribution in [0.3, 0.4) is 0 Å². The third-order valence-corrected chi connectivity index (χ3v) is 4.60. The number of fused-ring (bicyclic) bond motifs is 1. The summed E-state index contributed by atoms with van der Waals surface area (Å²) in [7, 11) is 1.63. The van der Waals surface area contributed by atoms with Crippen LogP contribution in [0.4, 0.5) is 17.2 Å². The monoisotopic (exact) mass is 366 g/mol. The highest BCUT2D eigenvalue weighted by Gasteiger charge is 2.16. The van der Waals surface area contributed by atoms with Gasteiger partial charge in [0.2, 0.25) is 0 Å². The molecule has 1 saturated heterocycles. The molecular weight excluding hydrogens is 344 g/mol. The molecule has 140 valence electrons. The van der Waals surface area contributed by atoms with Crippen LogP contribution in [0.1, 0.15) is 5.56 Å². The van der Waals surface area contributed by atoms with Gasteiger partial charge in [-0.1, -0.05) is 12.1 Å². The Hall–Kier alpha value is -3.06. The number of hydrogen-bond donors (Lipinski definition) is 1. The molecule has 4 rings (SSSR count). The molecule has 27 heavy (non-hydrogen) atoms. The standard InChI is InChI=1S/C20H22N4O3/c1-14-11-16(21-15-5-3-4-6-17(15)26-2)20-22-18(12-19(25)24(20)13-14)23-7-9-27-10-8-23/h3-6,11-13,21H,7-10H2,1-2H3. The van der Waals surface area contributed by atoms with Crippen molar-refractivity contribution in [3.8, 4) is 5.75 Å². The Labute approximate surface area is 157 Å². The Morgan fingerprint density at radius 2 is 1.93 bits per heavy atom. The van der Waals surface area contributed by atoms with Crippen LogP contribution in [0.2, 0.25) is 0 Å². The lowest BCUT2D eigenvalue weighted by Gasteiger charge is -2.28. The zero-order valence-electron chi connectivity index (χ0n) is 15.4. The SMILES string of the molecule is COc1ccccc1Nc1cc(C)cn2c(=O)cc(N3CCOCC3)nc12. The number of benzene rings is 1. The van der Waals surface area contributed by atoms with Crippen molar-refractivity contribution in [1.29, 1.82) is 0 Å². The summed E-state index contributed by atoms with van der Waals surface area (Å²) < 4.78 is 12.4. The lowest BCUT2D eigenvalue weighted by Crippen LogP contribution is -2.37. The number of anilines is 3. The third-order valence-electron chi connectivity index (χ3n) is 4.60. The Balaban J connectivity index is 1.83. The molecule has 0 radical (unpaired) electrons. The third kappa shape index (κ3) is 3.46. The smallest absolute Gasteiger partial charge is 0.260 e. The highest BCUT2D eigenvalue weighted by Crippen LogP contribution is 2.29. The Kier molecular flexibility index (Phi) is 4.68. The van der Waals surface area contributed by atoms with Crippen LogP contribution in [-0.4, -0.2) is 42.8 Å². The van der Waals surface area contributed by atoms with Crippen molar-refractivity contribution >= 4 is 22.8 Å². The van der Waals surface area contributed by atoms with Gasteiger partial charge in [-0.2, -0.15) is 0 Å². The zero-order valence-corrected chi connectivity index (χ0v) is 15.4. The molecular formula is C20H22N4O3. The first-order chi connectivity index (χ1) is 13.2. The van der Waals surface area contributed by atoms with E-state index < -0.39 is 0 Å². The number of hydrogen-bond acceptors (Lipinski definition) is 6. The van der Waals surface area contributed by atoms with Crippen LogP contribution in [0.25, 0.3) is 5.65 Å². The Morgan fingerprint density at radius 1 is 1.15 bits per heavy atom. The van der Waals surface area contributed by atoms with Gasteiger partial charge in [0.05, 0.1) is 31.7 Å². The van der Waals surface area contributed by atoms with Crippen LogP contribution in [-0.2, 0) is 4.74 Å². The van der Waals surface area contributed by atoms with Crippen molar-refractivity contribution in [3.63, 3.8) is 0 Å². The van der Waals surface area contributed by atoms with Crippen LogP contribution in [0.5, 0.6) is 5.75 Å². The largest absolute Gasteiger partial charge is 0.495 e. The number of nitrogens with zero attached hydrogens (tertiary/aromatic N) is 3. The summed E-state index contributed by atoms with van der Waals surface area (Å²) in [5.74, 6) is 1.40. The van der Waals surface area contributed by atoms with Crippen molar-refractivity contribution in [2.45, 2.75) is 6.92 Å². The summed E-state index contributed by atoms with van der Waals surface area (Å²) >= 11 is 0. The number of aryl methyl sites for hydroxylation is 1. The minimum Gasteiger partial charge on any atom is -0.495 e. The number of methoxy groups -OCH3 is 1. The fraction of sp³-hybridized carbons (Fsp3) is 0.300. The van der Waals surface area contributed by atoms with E-state index >= 15 is 0 Å². The fourth-order valence-corrected chi connectivity index (χ4v) is 3.27. The highest BCUT2D eigenvalue weighted by atomic mass is 16.5. The second-order valence-electron chi connectivity index (χ2n) is 6.50. The van der Waals surface area contributed by atoms with Crippen molar-refractivity contribution < 1.29 is 9.47 Å². The lowest BCUT2D eigenvalue weighted by atomic mass is 10.2. The maximum Gasteiger partial charge on any atom is 0.260 e. The number of morpholine rings is 1. The molecule has 3 aromatic rings. The summed E-state index contributed by atoms with van der Waals surface area (Å²) in [6.07, 6.45) is 1.81. The number of rotatable bonds is 4. The molecule has 0 unspecified atom stereocenters. The van der Waals surface area contributed by atoms with E-state index in [1.54, 1.807) is 23.8 Å². The van der Waals surface area contributed by atoms with Gasteiger partial charge in [0, 0.05) is 25.4 Å². The van der Waals surface area contributed by atoms with E-state index in [4.69, 9.17) is 14.5 Å². The summed E-state index contributed by atoms with van der Waals surface area (Å²) in [6, 6.07) is 11.2. The van der Waals surface area contributed by atoms with E-state index in [9.17, 15) is 4.79 Å². The normalized spacial score (nSPS) is 14.4. The van der Waals surface area contributed by atoms with Gasteiger partial charge in [-0.3, -0.25) is 9.20 Å². The Bertz CT molecular complexity index is 1030. The van der Waals surface area contributed by atoms with Gasteiger partial charge in [-0.05, 0) is 30.7 Å². The summed E-state index contributed by atoms with van der Waals surface area (Å²) in [6.45, 7) is 4.69. The van der Waals surface area contributed by atoms with Crippen LogP contribution in [0.15, 0.2) is 47.4 Å². The fourth-order valence-electron chi connectivity index (χ4n) is 3.27. The minimum absolute atomic E-state index is 0.103. The second kappa shape index (κ2) is 7.28. The topological polar surface area (TPSA) is 68.1 Å². The van der Waals surface area contributed by atoms with Gasteiger partial charge in [0.1, 0.15) is 11.6 Å². The average molecular weight is 366 g/mol. The maximum absolute atomic E-state index is 12.7. The minimum atomic E-state index is -0.103. The van der Waals surface area contributed by atoms with Crippen LogP contribution in [0, 0.1) is 6.92 Å². The number of para-hydroxylation sites is 2. The molecule has 7 heteroatoms. The molecule has 0 amide bonds. The van der Waals surface area contributed by atoms with Crippen molar-refractivity contribution in [2.24, 2.45) is 0 Å². The van der Waals surface area contributed by atoms with E-state index in [2.05, 4.69) is 10.2 Å². The number of ether oxygens (including phenoxy) is 2. The van der Waals surface area contributed by atoms with E-state index in [0.717, 1.165) is 35.8 Å². The second-order valence-corrected chi connectivity index (χ2v) is 6.50. The van der Waals surface area contributed by atoms with Crippen molar-refractivity contribution in [2.75, 3.05) is 43.6 Å². The number of aromatic nitrogens is 2. The predicted octanol–water partition coefficient (Wildman–Crippen LogP) is 2.59. The average Bonchev–Trinajstić information content (AvgIpc) is 2.69. The maximum atomic E-state index is 12.7. The van der Waals surface area contributed by atoms with E-state index in [1.165, 1.54) is 0 Å². The molecule has 1 fully saturated rings. The first-order valence-electron chi connectivity index (χ1n) is 8.92. The number of nitrogens with one attached hydrogen (secondary N) is 1. The summed E-state index contributed by atoms with van der Waals surface area (Å²) in [5.41, 5.74) is 3.02. The van der Waals surface area contributed by atoms with Gasteiger partial charge in [-0.25, -0.2) is 4.98 Å². The number of pyridine rings is 1. The first-order valence-corrected chi connectivity index (χ1v) is 8.92. The van der Waals surface area contributed by atoms with Gasteiger partial charge >= 0.3 is 0 Å². The quantitative estimate of drug-likeness (QED) is 0.766. The molecule has 1 N–H and O–H groups in total. The van der Waals surface area contributed by atoms with Gasteiger partial charge < -0.3 is 19.7 Å². The van der Waals surface area contributed by atoms with Crippen molar-refractivity contribution in [1.82, 2.24) is 9.38 Å². The molecule has 7 nitrogen and oxygen atoms in total. The van der Waals surface area contributed by atoms with Crippen LogP contribution >= 0.6 is 0 Å². The first kappa shape index (κ1) is 17.4. The van der Waals surface area contributed by atoms with E-state index in [1.807, 2.05) is 37.3 Å². The molecule has 2 aromatic heterocycles. The summed E-state index contributed by atoms with van der Waals surface area (Å²) in [4.78, 5) is 19.6. The van der Waals surface area contributed by atoms with Gasteiger partial charge in [0.15, 0.2) is 5.65 Å².